The molecule has 0 unspecified atom stereocenters. The summed E-state index contributed by atoms with van der Waals surface area (Å²) >= 11 is 0. The van der Waals surface area contributed by atoms with Crippen molar-refractivity contribution in [2.75, 3.05) is 13.8 Å². The standard InChI is InChI=1S/C10H12F3NO/c1-15-8-3-2-6(12)9(10(8)13)7(14)4-5-11/h2-3,7H,4-5,14H2,1H3/t7-/m1/s1. The molecule has 84 valence electrons. The highest BCUT2D eigenvalue weighted by Crippen LogP contribution is 2.28. The van der Waals surface area contributed by atoms with Gasteiger partial charge in [0.15, 0.2) is 11.6 Å². The Balaban J connectivity index is 3.14. The van der Waals surface area contributed by atoms with Gasteiger partial charge in [0.2, 0.25) is 0 Å². The molecule has 0 spiro atoms. The number of nitrogens with two attached hydrogens (primary N) is 1. The van der Waals surface area contributed by atoms with Gasteiger partial charge in [0.1, 0.15) is 5.82 Å². The molecule has 1 atom stereocenters. The van der Waals surface area contributed by atoms with Gasteiger partial charge in [0.05, 0.1) is 13.8 Å². The predicted octanol–water partition coefficient (Wildman–Crippen LogP) is 2.33. The Bertz CT molecular complexity index is 344. The van der Waals surface area contributed by atoms with Crippen molar-refractivity contribution < 1.29 is 17.9 Å². The van der Waals surface area contributed by atoms with Crippen LogP contribution in [0.15, 0.2) is 12.1 Å². The summed E-state index contributed by atoms with van der Waals surface area (Å²) in [5.41, 5.74) is 5.13. The molecule has 2 N–H and O–H groups in total. The molecule has 0 aliphatic heterocycles. The summed E-state index contributed by atoms with van der Waals surface area (Å²) in [7, 11) is 1.26. The van der Waals surface area contributed by atoms with Gasteiger partial charge in [-0.2, -0.15) is 0 Å². The molecular weight excluding hydrogens is 207 g/mol. The molecule has 1 aromatic carbocycles. The van der Waals surface area contributed by atoms with Gasteiger partial charge in [-0.05, 0) is 18.6 Å². The summed E-state index contributed by atoms with van der Waals surface area (Å²) in [6.45, 7) is -0.725. The van der Waals surface area contributed by atoms with Crippen LogP contribution < -0.4 is 10.5 Å². The zero-order valence-electron chi connectivity index (χ0n) is 8.27. The van der Waals surface area contributed by atoms with Crippen LogP contribution in [0.5, 0.6) is 5.75 Å². The third-order valence-corrected chi connectivity index (χ3v) is 2.10. The van der Waals surface area contributed by atoms with Crippen LogP contribution in [-0.2, 0) is 0 Å². The van der Waals surface area contributed by atoms with E-state index in [0.717, 1.165) is 12.1 Å². The molecule has 5 heteroatoms. The Morgan fingerprint density at radius 3 is 2.60 bits per heavy atom. The van der Waals surface area contributed by atoms with E-state index in [1.165, 1.54) is 7.11 Å². The van der Waals surface area contributed by atoms with Crippen molar-refractivity contribution in [2.45, 2.75) is 12.5 Å². The summed E-state index contributed by atoms with van der Waals surface area (Å²) in [5, 5.41) is 0. The first-order chi connectivity index (χ1) is 7.11. The van der Waals surface area contributed by atoms with E-state index in [2.05, 4.69) is 4.74 Å². The monoisotopic (exact) mass is 219 g/mol. The molecule has 0 fully saturated rings. The van der Waals surface area contributed by atoms with Gasteiger partial charge in [-0.3, -0.25) is 4.39 Å². The van der Waals surface area contributed by atoms with E-state index in [0.29, 0.717) is 0 Å². The summed E-state index contributed by atoms with van der Waals surface area (Å²) in [5.74, 6) is -1.74. The molecule has 0 heterocycles. The minimum atomic E-state index is -0.995. The van der Waals surface area contributed by atoms with Crippen LogP contribution in [-0.4, -0.2) is 13.8 Å². The van der Waals surface area contributed by atoms with Gasteiger partial charge in [-0.1, -0.05) is 0 Å². The van der Waals surface area contributed by atoms with Crippen LogP contribution in [0.25, 0.3) is 0 Å². The third-order valence-electron chi connectivity index (χ3n) is 2.10. The maximum atomic E-state index is 13.5. The molecule has 0 aliphatic carbocycles. The smallest absolute Gasteiger partial charge is 0.172 e. The van der Waals surface area contributed by atoms with E-state index in [1.807, 2.05) is 0 Å². The molecule has 2 nitrogen and oxygen atoms in total. The largest absolute Gasteiger partial charge is 0.494 e. The van der Waals surface area contributed by atoms with Crippen LogP contribution >= 0.6 is 0 Å². The number of hydrogen-bond donors (Lipinski definition) is 1. The average molecular weight is 219 g/mol. The number of methoxy groups -OCH3 is 1. The van der Waals surface area contributed by atoms with Gasteiger partial charge in [0.25, 0.3) is 0 Å². The molecule has 0 amide bonds. The maximum absolute atomic E-state index is 13.5. The fourth-order valence-corrected chi connectivity index (χ4v) is 1.31. The number of halogens is 3. The van der Waals surface area contributed by atoms with E-state index in [-0.39, 0.29) is 17.7 Å². The van der Waals surface area contributed by atoms with E-state index in [4.69, 9.17) is 5.73 Å². The molecule has 15 heavy (non-hydrogen) atoms. The van der Waals surface area contributed by atoms with Gasteiger partial charge >= 0.3 is 0 Å². The lowest BCUT2D eigenvalue weighted by Gasteiger charge is -2.14. The molecule has 0 saturated heterocycles. The fourth-order valence-electron chi connectivity index (χ4n) is 1.31. The number of ether oxygens (including phenoxy) is 1. The predicted molar refractivity (Wildman–Crippen MR) is 50.4 cm³/mol. The Morgan fingerprint density at radius 2 is 2.07 bits per heavy atom. The van der Waals surface area contributed by atoms with E-state index in [9.17, 15) is 13.2 Å². The SMILES string of the molecule is COc1ccc(F)c([C@H](N)CCF)c1F. The van der Waals surface area contributed by atoms with Crippen molar-refractivity contribution in [3.63, 3.8) is 0 Å². The second kappa shape index (κ2) is 5.02. The minimum absolute atomic E-state index is 0.0966. The second-order valence-corrected chi connectivity index (χ2v) is 3.06. The molecule has 0 saturated carbocycles. The Morgan fingerprint density at radius 1 is 1.40 bits per heavy atom. The number of hydrogen-bond acceptors (Lipinski definition) is 2. The molecule has 0 aromatic heterocycles. The molecule has 0 aliphatic rings. The maximum Gasteiger partial charge on any atom is 0.172 e. The second-order valence-electron chi connectivity index (χ2n) is 3.06. The number of benzene rings is 1. The molecule has 1 rings (SSSR count). The Labute approximate surface area is 85.8 Å². The van der Waals surface area contributed by atoms with Crippen LogP contribution in [0, 0.1) is 11.6 Å². The highest BCUT2D eigenvalue weighted by atomic mass is 19.1. The van der Waals surface area contributed by atoms with Crippen molar-refractivity contribution in [1.29, 1.82) is 0 Å². The Hall–Kier alpha value is -1.23. The summed E-state index contributed by atoms with van der Waals surface area (Å²) in [4.78, 5) is 0. The molecule has 0 bridgehead atoms. The molecular formula is C10H12F3NO. The van der Waals surface area contributed by atoms with Crippen molar-refractivity contribution in [3.8, 4) is 5.75 Å². The first-order valence-corrected chi connectivity index (χ1v) is 4.45. The highest BCUT2D eigenvalue weighted by molar-refractivity contribution is 5.34. The normalized spacial score (nSPS) is 12.6. The third kappa shape index (κ3) is 2.41. The first kappa shape index (κ1) is 11.8. The zero-order valence-corrected chi connectivity index (χ0v) is 8.27. The average Bonchev–Trinajstić information content (AvgIpc) is 2.18. The Kier molecular flexibility index (Phi) is 3.96. The van der Waals surface area contributed by atoms with Crippen LogP contribution in [0.4, 0.5) is 13.2 Å². The summed E-state index contributed by atoms with van der Waals surface area (Å²) < 4.78 is 43.5. The van der Waals surface area contributed by atoms with Crippen molar-refractivity contribution in [1.82, 2.24) is 0 Å². The van der Waals surface area contributed by atoms with E-state index >= 15 is 0 Å². The lowest BCUT2D eigenvalue weighted by Crippen LogP contribution is -2.15. The van der Waals surface area contributed by atoms with Gasteiger partial charge in [0, 0.05) is 11.6 Å². The van der Waals surface area contributed by atoms with Gasteiger partial charge in [-0.25, -0.2) is 8.78 Å². The fraction of sp³-hybridized carbons (Fsp3) is 0.400. The number of rotatable bonds is 4. The van der Waals surface area contributed by atoms with Crippen LogP contribution in [0.3, 0.4) is 0 Å². The lowest BCUT2D eigenvalue weighted by molar-refractivity contribution is 0.372. The minimum Gasteiger partial charge on any atom is -0.494 e. The molecule has 1 aromatic rings. The summed E-state index contributed by atoms with van der Waals surface area (Å²) in [6, 6.07) is 1.22. The van der Waals surface area contributed by atoms with Crippen LogP contribution in [0.2, 0.25) is 0 Å². The van der Waals surface area contributed by atoms with E-state index < -0.39 is 24.4 Å². The number of alkyl halides is 1. The van der Waals surface area contributed by atoms with Crippen molar-refractivity contribution in [3.05, 3.63) is 29.3 Å². The van der Waals surface area contributed by atoms with Crippen LogP contribution in [0.1, 0.15) is 18.0 Å². The molecule has 0 radical (unpaired) electrons. The van der Waals surface area contributed by atoms with Crippen molar-refractivity contribution in [2.24, 2.45) is 5.73 Å². The summed E-state index contributed by atoms with van der Waals surface area (Å²) in [6.07, 6.45) is -0.124. The van der Waals surface area contributed by atoms with E-state index in [1.54, 1.807) is 0 Å². The topological polar surface area (TPSA) is 35.2 Å². The van der Waals surface area contributed by atoms with Crippen molar-refractivity contribution >= 4 is 0 Å². The van der Waals surface area contributed by atoms with Gasteiger partial charge in [-0.15, -0.1) is 0 Å². The zero-order chi connectivity index (χ0) is 11.4. The van der Waals surface area contributed by atoms with Gasteiger partial charge < -0.3 is 10.5 Å². The quantitative estimate of drug-likeness (QED) is 0.843. The lowest BCUT2D eigenvalue weighted by atomic mass is 10.0. The first-order valence-electron chi connectivity index (χ1n) is 4.45. The highest BCUT2D eigenvalue weighted by Gasteiger charge is 2.19.